The Morgan fingerprint density at radius 1 is 1.14 bits per heavy atom. The van der Waals surface area contributed by atoms with Crippen molar-refractivity contribution >= 4 is 41.8 Å². The molecule has 2 aromatic carbocycles. The second-order valence-electron chi connectivity index (χ2n) is 6.88. The van der Waals surface area contributed by atoms with E-state index < -0.39 is 0 Å². The number of morpholine rings is 1. The zero-order valence-electron chi connectivity index (χ0n) is 16.0. The highest BCUT2D eigenvalue weighted by Gasteiger charge is 2.16. The van der Waals surface area contributed by atoms with E-state index in [-0.39, 0.29) is 36.8 Å². The number of nitrogens with one attached hydrogen (secondary N) is 2. The Morgan fingerprint density at radius 3 is 2.66 bits per heavy atom. The van der Waals surface area contributed by atoms with Gasteiger partial charge in [-0.1, -0.05) is 36.4 Å². The summed E-state index contributed by atoms with van der Waals surface area (Å²) in [5.41, 5.74) is 4.44. The number of benzene rings is 2. The molecule has 1 saturated heterocycles. The van der Waals surface area contributed by atoms with E-state index in [4.69, 9.17) is 4.74 Å². The average molecular weight is 437 g/mol. The van der Waals surface area contributed by atoms with Crippen LogP contribution in [0.2, 0.25) is 0 Å². The van der Waals surface area contributed by atoms with Gasteiger partial charge in [0.2, 0.25) is 5.91 Å². The third-order valence-corrected chi connectivity index (χ3v) is 4.82. The minimum atomic E-state index is 0. The Hall–Kier alpha value is -2.12. The second-order valence-corrected chi connectivity index (χ2v) is 6.88. The highest BCUT2D eigenvalue weighted by molar-refractivity contribution is 5.85. The van der Waals surface area contributed by atoms with Gasteiger partial charge in [0.05, 0.1) is 30.6 Å². The Morgan fingerprint density at radius 2 is 1.90 bits per heavy atom. The summed E-state index contributed by atoms with van der Waals surface area (Å²) in [6, 6.07) is 16.6. The van der Waals surface area contributed by atoms with Gasteiger partial charge < -0.3 is 19.9 Å². The maximum Gasteiger partial charge on any atom is 0.221 e. The van der Waals surface area contributed by atoms with E-state index in [9.17, 15) is 4.79 Å². The van der Waals surface area contributed by atoms with Gasteiger partial charge in [-0.05, 0) is 23.3 Å². The van der Waals surface area contributed by atoms with E-state index in [1.165, 1.54) is 5.56 Å². The summed E-state index contributed by atoms with van der Waals surface area (Å²) in [6.07, 6.45) is 2.33. The number of rotatable bonds is 6. The zero-order valence-corrected chi connectivity index (χ0v) is 17.7. The van der Waals surface area contributed by atoms with Crippen molar-refractivity contribution in [3.8, 4) is 0 Å². The van der Waals surface area contributed by atoms with Crippen molar-refractivity contribution in [1.29, 1.82) is 0 Å². The first-order valence-electron chi connectivity index (χ1n) is 9.33. The molecule has 0 spiro atoms. The van der Waals surface area contributed by atoms with Gasteiger partial charge in [-0.15, -0.1) is 24.8 Å². The van der Waals surface area contributed by atoms with E-state index in [2.05, 4.69) is 50.5 Å². The van der Waals surface area contributed by atoms with Crippen LogP contribution in [0, 0.1) is 0 Å². The SMILES string of the molecule is Cl.Cl.O=C(CC1COCCN1)NCc1ccc(Cn2cnc3ccccc32)cc1. The first-order chi connectivity index (χ1) is 13.3. The number of carbonyl (C=O) groups is 1. The fraction of sp³-hybridized carbons (Fsp3) is 0.333. The fourth-order valence-electron chi connectivity index (χ4n) is 3.34. The molecule has 1 atom stereocenters. The molecule has 1 aliphatic rings. The van der Waals surface area contributed by atoms with Crippen LogP contribution >= 0.6 is 24.8 Å². The number of nitrogens with zero attached hydrogens (tertiary/aromatic N) is 2. The number of fused-ring (bicyclic) bond motifs is 1. The normalized spacial score (nSPS) is 15.9. The second kappa shape index (κ2) is 11.2. The molecule has 8 heteroatoms. The van der Waals surface area contributed by atoms with Gasteiger partial charge in [0.1, 0.15) is 0 Å². The van der Waals surface area contributed by atoms with Crippen molar-refractivity contribution in [2.75, 3.05) is 19.8 Å². The third-order valence-electron chi connectivity index (χ3n) is 4.82. The lowest BCUT2D eigenvalue weighted by molar-refractivity contribution is -0.122. The van der Waals surface area contributed by atoms with Gasteiger partial charge in [0.25, 0.3) is 0 Å². The Labute approximate surface area is 182 Å². The molecule has 3 aromatic rings. The predicted octanol–water partition coefficient (Wildman–Crippen LogP) is 2.92. The van der Waals surface area contributed by atoms with Crippen LogP contribution < -0.4 is 10.6 Å². The molecule has 1 aliphatic heterocycles. The number of amides is 1. The summed E-state index contributed by atoms with van der Waals surface area (Å²) in [6.45, 7) is 3.46. The summed E-state index contributed by atoms with van der Waals surface area (Å²) < 4.78 is 7.52. The Bertz CT molecular complexity index is 908. The topological polar surface area (TPSA) is 68.2 Å². The lowest BCUT2D eigenvalue weighted by atomic mass is 10.1. The lowest BCUT2D eigenvalue weighted by Crippen LogP contribution is -2.44. The summed E-state index contributed by atoms with van der Waals surface area (Å²) >= 11 is 0. The molecule has 1 unspecified atom stereocenters. The van der Waals surface area contributed by atoms with Crippen LogP contribution in [0.5, 0.6) is 0 Å². The maximum absolute atomic E-state index is 12.1. The first kappa shape index (κ1) is 23.2. The van der Waals surface area contributed by atoms with E-state index >= 15 is 0 Å². The molecule has 2 N–H and O–H groups in total. The summed E-state index contributed by atoms with van der Waals surface area (Å²) in [5.74, 6) is 0.0481. The van der Waals surface area contributed by atoms with Crippen molar-refractivity contribution < 1.29 is 9.53 Å². The average Bonchev–Trinajstić information content (AvgIpc) is 3.11. The van der Waals surface area contributed by atoms with Crippen molar-refractivity contribution in [1.82, 2.24) is 20.2 Å². The molecule has 0 aliphatic carbocycles. The van der Waals surface area contributed by atoms with E-state index in [0.717, 1.165) is 36.3 Å². The number of ether oxygens (including phenoxy) is 1. The van der Waals surface area contributed by atoms with E-state index in [1.54, 1.807) is 0 Å². The van der Waals surface area contributed by atoms with Crippen LogP contribution in [-0.4, -0.2) is 41.3 Å². The lowest BCUT2D eigenvalue weighted by Gasteiger charge is -2.23. The zero-order chi connectivity index (χ0) is 18.5. The number of aromatic nitrogens is 2. The number of hydrogen-bond donors (Lipinski definition) is 2. The molecule has 6 nitrogen and oxygen atoms in total. The Balaban J connectivity index is 0.00000150. The molecule has 2 heterocycles. The minimum Gasteiger partial charge on any atom is -0.378 e. The van der Waals surface area contributed by atoms with Gasteiger partial charge >= 0.3 is 0 Å². The van der Waals surface area contributed by atoms with Crippen LogP contribution in [0.25, 0.3) is 11.0 Å². The summed E-state index contributed by atoms with van der Waals surface area (Å²) in [4.78, 5) is 16.5. The molecule has 0 radical (unpaired) electrons. The summed E-state index contributed by atoms with van der Waals surface area (Å²) in [5, 5.41) is 6.28. The van der Waals surface area contributed by atoms with Gasteiger partial charge in [-0.3, -0.25) is 4.79 Å². The van der Waals surface area contributed by atoms with E-state index in [0.29, 0.717) is 19.6 Å². The standard InChI is InChI=1S/C21H24N4O2.2ClH/c26-21(11-18-14-27-10-9-22-18)23-12-16-5-7-17(8-6-16)13-25-15-24-19-3-1-2-4-20(19)25;;/h1-8,15,18,22H,9-14H2,(H,23,26);2*1H. The minimum absolute atomic E-state index is 0. The fourth-order valence-corrected chi connectivity index (χ4v) is 3.34. The molecule has 0 saturated carbocycles. The number of imidazole rings is 1. The molecule has 1 amide bonds. The van der Waals surface area contributed by atoms with Gasteiger partial charge in [0, 0.05) is 32.1 Å². The third kappa shape index (κ3) is 6.18. The van der Waals surface area contributed by atoms with Gasteiger partial charge in [-0.2, -0.15) is 0 Å². The largest absolute Gasteiger partial charge is 0.378 e. The highest BCUT2D eigenvalue weighted by atomic mass is 35.5. The smallest absolute Gasteiger partial charge is 0.221 e. The van der Waals surface area contributed by atoms with Crippen LogP contribution in [0.3, 0.4) is 0 Å². The molecule has 29 heavy (non-hydrogen) atoms. The number of halogens is 2. The van der Waals surface area contributed by atoms with Crippen LogP contribution in [0.1, 0.15) is 17.5 Å². The monoisotopic (exact) mass is 436 g/mol. The molecular weight excluding hydrogens is 411 g/mol. The van der Waals surface area contributed by atoms with Crippen molar-refractivity contribution in [3.05, 3.63) is 66.0 Å². The predicted molar refractivity (Wildman–Crippen MR) is 119 cm³/mol. The number of hydrogen-bond acceptors (Lipinski definition) is 4. The van der Waals surface area contributed by atoms with Crippen molar-refractivity contribution in [2.45, 2.75) is 25.6 Å². The highest BCUT2D eigenvalue weighted by Crippen LogP contribution is 2.14. The van der Waals surface area contributed by atoms with Gasteiger partial charge in [0.15, 0.2) is 0 Å². The molecule has 1 fully saturated rings. The molecule has 156 valence electrons. The molecular formula is C21H26Cl2N4O2. The van der Waals surface area contributed by atoms with Crippen molar-refractivity contribution in [2.24, 2.45) is 0 Å². The van der Waals surface area contributed by atoms with Crippen LogP contribution in [-0.2, 0) is 22.6 Å². The molecule has 0 bridgehead atoms. The van der Waals surface area contributed by atoms with Crippen molar-refractivity contribution in [3.63, 3.8) is 0 Å². The maximum atomic E-state index is 12.1. The van der Waals surface area contributed by atoms with Crippen LogP contribution in [0.4, 0.5) is 0 Å². The Kier molecular flexibility index (Phi) is 8.92. The first-order valence-corrected chi connectivity index (χ1v) is 9.33. The van der Waals surface area contributed by atoms with Gasteiger partial charge in [-0.25, -0.2) is 4.98 Å². The molecule has 4 rings (SSSR count). The quantitative estimate of drug-likeness (QED) is 0.623. The van der Waals surface area contributed by atoms with E-state index in [1.807, 2.05) is 24.5 Å². The number of para-hydroxylation sites is 2. The molecule has 1 aromatic heterocycles. The number of carbonyl (C=O) groups excluding carboxylic acids is 1. The summed E-state index contributed by atoms with van der Waals surface area (Å²) in [7, 11) is 0. The van der Waals surface area contributed by atoms with Crippen LogP contribution in [0.15, 0.2) is 54.9 Å².